The summed E-state index contributed by atoms with van der Waals surface area (Å²) < 4.78 is 38.2. The first-order valence-electron chi connectivity index (χ1n) is 7.62. The van der Waals surface area contributed by atoms with E-state index in [4.69, 9.17) is 0 Å². The van der Waals surface area contributed by atoms with Crippen LogP contribution in [-0.2, 0) is 11.0 Å². The van der Waals surface area contributed by atoms with Gasteiger partial charge in [0.2, 0.25) is 0 Å². The van der Waals surface area contributed by atoms with E-state index in [0.717, 1.165) is 29.9 Å². The van der Waals surface area contributed by atoms with Gasteiger partial charge in [0.1, 0.15) is 5.54 Å². The molecular formula is C16H17F3N2O3. The highest BCUT2D eigenvalue weighted by atomic mass is 19.4. The van der Waals surface area contributed by atoms with Crippen molar-refractivity contribution >= 4 is 11.9 Å². The number of carbonyl (C=O) groups is 2. The molecule has 0 radical (unpaired) electrons. The smallest absolute Gasteiger partial charge is 0.387 e. The van der Waals surface area contributed by atoms with Gasteiger partial charge in [0.05, 0.1) is 18.2 Å². The second-order valence-electron chi connectivity index (χ2n) is 6.46. The fourth-order valence-corrected chi connectivity index (χ4v) is 3.02. The molecule has 0 spiro atoms. The molecule has 1 aromatic carbocycles. The van der Waals surface area contributed by atoms with Gasteiger partial charge in [-0.2, -0.15) is 13.2 Å². The molecule has 3 rings (SSSR count). The van der Waals surface area contributed by atoms with Crippen molar-refractivity contribution in [1.82, 2.24) is 10.2 Å². The summed E-state index contributed by atoms with van der Waals surface area (Å²) in [4.78, 5) is 25.4. The average molecular weight is 342 g/mol. The van der Waals surface area contributed by atoms with Crippen molar-refractivity contribution in [1.29, 1.82) is 0 Å². The lowest BCUT2D eigenvalue weighted by atomic mass is 9.96. The Morgan fingerprint density at radius 1 is 1.38 bits per heavy atom. The van der Waals surface area contributed by atoms with Crippen LogP contribution in [0.3, 0.4) is 0 Å². The number of carbonyl (C=O) groups excluding carboxylic acids is 2. The van der Waals surface area contributed by atoms with E-state index in [1.165, 1.54) is 12.1 Å². The SMILES string of the molecule is CC1(C2CC2)NC(=O)N(CC(O)c2cccc(C(F)(F)F)c2)C1=O. The maximum Gasteiger partial charge on any atom is 0.416 e. The molecule has 2 atom stereocenters. The zero-order valence-corrected chi connectivity index (χ0v) is 12.9. The first kappa shape index (κ1) is 16.8. The van der Waals surface area contributed by atoms with Gasteiger partial charge in [-0.3, -0.25) is 9.69 Å². The highest BCUT2D eigenvalue weighted by Crippen LogP contribution is 2.43. The van der Waals surface area contributed by atoms with Crippen LogP contribution in [0, 0.1) is 5.92 Å². The zero-order chi connectivity index (χ0) is 17.7. The summed E-state index contributed by atoms with van der Waals surface area (Å²) in [6.45, 7) is 1.26. The van der Waals surface area contributed by atoms with E-state index in [9.17, 15) is 27.9 Å². The third-order valence-corrected chi connectivity index (χ3v) is 4.65. The minimum Gasteiger partial charge on any atom is -0.387 e. The summed E-state index contributed by atoms with van der Waals surface area (Å²) >= 11 is 0. The predicted octanol–water partition coefficient (Wildman–Crippen LogP) is 2.46. The van der Waals surface area contributed by atoms with E-state index >= 15 is 0 Å². The van der Waals surface area contributed by atoms with E-state index in [1.807, 2.05) is 0 Å². The van der Waals surface area contributed by atoms with E-state index in [2.05, 4.69) is 5.32 Å². The molecule has 1 aliphatic carbocycles. The second-order valence-corrected chi connectivity index (χ2v) is 6.46. The van der Waals surface area contributed by atoms with E-state index < -0.39 is 35.3 Å². The van der Waals surface area contributed by atoms with Crippen molar-refractivity contribution in [3.05, 3.63) is 35.4 Å². The van der Waals surface area contributed by atoms with Crippen LogP contribution in [0.1, 0.15) is 37.0 Å². The van der Waals surface area contributed by atoms with Crippen LogP contribution in [0.5, 0.6) is 0 Å². The number of aliphatic hydroxyl groups excluding tert-OH is 1. The number of amides is 3. The number of alkyl halides is 3. The maximum atomic E-state index is 12.7. The van der Waals surface area contributed by atoms with Gasteiger partial charge in [-0.05, 0) is 43.4 Å². The number of hydrogen-bond acceptors (Lipinski definition) is 3. The fourth-order valence-electron chi connectivity index (χ4n) is 3.02. The molecule has 24 heavy (non-hydrogen) atoms. The summed E-state index contributed by atoms with van der Waals surface area (Å²) in [5.41, 5.74) is -1.87. The predicted molar refractivity (Wildman–Crippen MR) is 77.8 cm³/mol. The Hall–Kier alpha value is -2.09. The molecule has 1 aliphatic heterocycles. The third kappa shape index (κ3) is 2.86. The number of rotatable bonds is 4. The Labute approximate surface area is 136 Å². The molecule has 5 nitrogen and oxygen atoms in total. The van der Waals surface area contributed by atoms with Crippen LogP contribution in [0.4, 0.5) is 18.0 Å². The molecule has 0 bridgehead atoms. The van der Waals surface area contributed by atoms with Crippen molar-refractivity contribution in [3.8, 4) is 0 Å². The number of urea groups is 1. The number of imide groups is 1. The Bertz CT molecular complexity index is 687. The Balaban J connectivity index is 1.76. The van der Waals surface area contributed by atoms with Crippen molar-refractivity contribution < 1.29 is 27.9 Å². The number of hydrogen-bond donors (Lipinski definition) is 2. The molecule has 2 N–H and O–H groups in total. The largest absolute Gasteiger partial charge is 0.416 e. The quantitative estimate of drug-likeness (QED) is 0.826. The van der Waals surface area contributed by atoms with Crippen molar-refractivity contribution in [2.45, 2.75) is 37.6 Å². The Morgan fingerprint density at radius 2 is 2.04 bits per heavy atom. The van der Waals surface area contributed by atoms with Gasteiger partial charge in [-0.15, -0.1) is 0 Å². The molecule has 2 aliphatic rings. The monoisotopic (exact) mass is 342 g/mol. The van der Waals surface area contributed by atoms with Gasteiger partial charge in [-0.1, -0.05) is 12.1 Å². The third-order valence-electron chi connectivity index (χ3n) is 4.65. The van der Waals surface area contributed by atoms with Crippen molar-refractivity contribution in [2.75, 3.05) is 6.54 Å². The van der Waals surface area contributed by atoms with Crippen LogP contribution >= 0.6 is 0 Å². The summed E-state index contributed by atoms with van der Waals surface area (Å²) in [5, 5.41) is 12.8. The van der Waals surface area contributed by atoms with Crippen LogP contribution in [0.25, 0.3) is 0 Å². The first-order chi connectivity index (χ1) is 11.1. The summed E-state index contributed by atoms with van der Waals surface area (Å²) in [5.74, 6) is -0.370. The first-order valence-corrected chi connectivity index (χ1v) is 7.62. The van der Waals surface area contributed by atoms with E-state index in [1.54, 1.807) is 6.92 Å². The summed E-state index contributed by atoms with van der Waals surface area (Å²) in [6, 6.07) is 3.61. The molecule has 2 unspecified atom stereocenters. The minimum atomic E-state index is -4.53. The number of β-amino-alcohol motifs (C(OH)–C–C–N with tert-alkyl or cyclic N) is 1. The molecule has 1 heterocycles. The molecule has 1 aromatic rings. The lowest BCUT2D eigenvalue weighted by molar-refractivity contribution is -0.138. The van der Waals surface area contributed by atoms with Gasteiger partial charge in [0, 0.05) is 0 Å². The zero-order valence-electron chi connectivity index (χ0n) is 12.9. The number of halogens is 3. The number of nitrogens with zero attached hydrogens (tertiary/aromatic N) is 1. The van der Waals surface area contributed by atoms with Crippen LogP contribution in [0.15, 0.2) is 24.3 Å². The van der Waals surface area contributed by atoms with Gasteiger partial charge < -0.3 is 10.4 Å². The molecule has 8 heteroatoms. The highest BCUT2D eigenvalue weighted by Gasteiger charge is 2.56. The van der Waals surface area contributed by atoms with Crippen LogP contribution < -0.4 is 5.32 Å². The van der Waals surface area contributed by atoms with E-state index in [-0.39, 0.29) is 18.0 Å². The second kappa shape index (κ2) is 5.47. The molecule has 3 amide bonds. The molecular weight excluding hydrogens is 325 g/mol. The topological polar surface area (TPSA) is 69.6 Å². The summed E-state index contributed by atoms with van der Waals surface area (Å²) in [7, 11) is 0. The molecule has 0 aromatic heterocycles. The molecule has 1 saturated heterocycles. The van der Waals surface area contributed by atoms with Gasteiger partial charge in [-0.25, -0.2) is 4.79 Å². The lowest BCUT2D eigenvalue weighted by Crippen LogP contribution is -2.46. The fraction of sp³-hybridized carbons (Fsp3) is 0.500. The summed E-state index contributed by atoms with van der Waals surface area (Å²) in [6.07, 6.45) is -4.23. The standard InChI is InChI=1S/C16H17F3N2O3/c1-15(10-5-6-10)13(23)21(14(24)20-15)8-12(22)9-3-2-4-11(7-9)16(17,18)19/h2-4,7,10,12,22H,5-6,8H2,1H3,(H,20,24). The maximum absolute atomic E-state index is 12.7. The van der Waals surface area contributed by atoms with Gasteiger partial charge in [0.15, 0.2) is 0 Å². The normalized spacial score (nSPS) is 25.8. The average Bonchev–Trinajstić information content (AvgIpc) is 3.33. The van der Waals surface area contributed by atoms with Crippen LogP contribution in [0.2, 0.25) is 0 Å². The van der Waals surface area contributed by atoms with Crippen LogP contribution in [-0.4, -0.2) is 34.0 Å². The molecule has 1 saturated carbocycles. The highest BCUT2D eigenvalue weighted by molar-refractivity contribution is 6.07. The van der Waals surface area contributed by atoms with E-state index in [0.29, 0.717) is 0 Å². The number of benzene rings is 1. The number of aliphatic hydroxyl groups is 1. The Kier molecular flexibility index (Phi) is 3.82. The minimum absolute atomic E-state index is 0.00505. The van der Waals surface area contributed by atoms with Gasteiger partial charge in [0.25, 0.3) is 5.91 Å². The molecule has 130 valence electrons. The Morgan fingerprint density at radius 3 is 2.62 bits per heavy atom. The number of nitrogens with one attached hydrogen (secondary N) is 1. The van der Waals surface area contributed by atoms with Gasteiger partial charge >= 0.3 is 12.2 Å². The van der Waals surface area contributed by atoms with Crippen molar-refractivity contribution in [3.63, 3.8) is 0 Å². The van der Waals surface area contributed by atoms with Crippen molar-refractivity contribution in [2.24, 2.45) is 5.92 Å². The molecule has 2 fully saturated rings. The lowest BCUT2D eigenvalue weighted by Gasteiger charge is -2.22.